The Balaban J connectivity index is 1.20. The molecule has 3 aliphatic rings. The van der Waals surface area contributed by atoms with Gasteiger partial charge in [-0.25, -0.2) is 0 Å². The van der Waals surface area contributed by atoms with E-state index in [0.29, 0.717) is 17.9 Å². The van der Waals surface area contributed by atoms with Gasteiger partial charge in [-0.05, 0) is 61.6 Å². The molecule has 1 heterocycles. The van der Waals surface area contributed by atoms with Gasteiger partial charge in [0.05, 0.1) is 5.56 Å². The molecule has 1 aromatic rings. The fourth-order valence-electron chi connectivity index (χ4n) is 5.34. The van der Waals surface area contributed by atoms with Gasteiger partial charge < -0.3 is 5.32 Å². The van der Waals surface area contributed by atoms with E-state index in [-0.39, 0.29) is 30.2 Å². The Labute approximate surface area is 175 Å². The summed E-state index contributed by atoms with van der Waals surface area (Å²) in [5.41, 5.74) is -0.706. The van der Waals surface area contributed by atoms with Crippen molar-refractivity contribution in [3.05, 3.63) is 29.8 Å². The van der Waals surface area contributed by atoms with Gasteiger partial charge >= 0.3 is 6.18 Å². The van der Waals surface area contributed by atoms with Crippen LogP contribution in [0.5, 0.6) is 0 Å². The first-order chi connectivity index (χ1) is 14.2. The number of hydrogen-bond donors (Lipinski definition) is 1. The van der Waals surface area contributed by atoms with Gasteiger partial charge in [-0.2, -0.15) is 13.2 Å². The third kappa shape index (κ3) is 4.71. The lowest BCUT2D eigenvalue weighted by Gasteiger charge is -2.34. The fraction of sp³-hybridized carbons (Fsp3) is 0.652. The molecule has 0 radical (unpaired) electrons. The summed E-state index contributed by atoms with van der Waals surface area (Å²) in [5.74, 6) is 1.47. The number of piperidine rings is 1. The lowest BCUT2D eigenvalue weighted by molar-refractivity contribution is -0.137. The van der Waals surface area contributed by atoms with E-state index in [9.17, 15) is 22.8 Å². The van der Waals surface area contributed by atoms with Crippen molar-refractivity contribution in [2.45, 2.75) is 57.7 Å². The van der Waals surface area contributed by atoms with Crippen molar-refractivity contribution >= 4 is 17.4 Å². The zero-order chi connectivity index (χ0) is 21.5. The maximum atomic E-state index is 12.8. The fourth-order valence-corrected chi connectivity index (χ4v) is 5.34. The Hall–Kier alpha value is -1.89. The van der Waals surface area contributed by atoms with Crippen molar-refractivity contribution in [1.82, 2.24) is 4.90 Å². The Bertz CT molecular complexity index is 790. The first-order valence-corrected chi connectivity index (χ1v) is 11.0. The third-order valence-corrected chi connectivity index (χ3v) is 7.17. The number of hydrogen-bond acceptors (Lipinski definition) is 3. The van der Waals surface area contributed by atoms with E-state index >= 15 is 0 Å². The third-order valence-electron chi connectivity index (χ3n) is 7.17. The van der Waals surface area contributed by atoms with Crippen molar-refractivity contribution in [3.63, 3.8) is 0 Å². The van der Waals surface area contributed by atoms with Crippen LogP contribution in [0.2, 0.25) is 0 Å². The standard InChI is InChI=1S/C23H29F3N2O2/c1-14-5-7-17(8-6-14)28-12-18-19(13-28)22(18)20(29)9-10-21(30)27-16-4-2-3-15(11-16)23(24,25)26/h2-4,11,14,17-19,22H,5-10,12-13H2,1H3,(H,27,30)/t14?,17?,18-,19+,22?. The highest BCUT2D eigenvalue weighted by Crippen LogP contribution is 2.53. The lowest BCUT2D eigenvalue weighted by Crippen LogP contribution is -2.38. The van der Waals surface area contributed by atoms with E-state index in [1.54, 1.807) is 0 Å². The van der Waals surface area contributed by atoms with Crippen LogP contribution in [0.15, 0.2) is 24.3 Å². The van der Waals surface area contributed by atoms with Gasteiger partial charge in [0, 0.05) is 43.6 Å². The highest BCUT2D eigenvalue weighted by molar-refractivity contribution is 5.94. The number of amides is 1. The van der Waals surface area contributed by atoms with Crippen molar-refractivity contribution in [2.75, 3.05) is 18.4 Å². The van der Waals surface area contributed by atoms with Crippen LogP contribution < -0.4 is 5.32 Å². The van der Waals surface area contributed by atoms with E-state index in [1.165, 1.54) is 37.8 Å². The minimum atomic E-state index is -4.45. The molecule has 1 saturated heterocycles. The molecular weight excluding hydrogens is 393 g/mol. The molecule has 4 nitrogen and oxygen atoms in total. The average Bonchev–Trinajstić information content (AvgIpc) is 3.20. The minimum Gasteiger partial charge on any atom is -0.326 e. The van der Waals surface area contributed by atoms with Gasteiger partial charge in [0.25, 0.3) is 0 Å². The molecule has 30 heavy (non-hydrogen) atoms. The predicted octanol–water partition coefficient (Wildman–Crippen LogP) is 4.75. The maximum Gasteiger partial charge on any atom is 0.416 e. The number of rotatable bonds is 6. The van der Waals surface area contributed by atoms with Crippen LogP contribution in [-0.2, 0) is 15.8 Å². The van der Waals surface area contributed by atoms with Crippen molar-refractivity contribution < 1.29 is 22.8 Å². The SMILES string of the molecule is CC1CCC(N2C[C@@H]3C(C(=O)CCC(=O)Nc4cccc(C(F)(F)F)c4)[C@@H]3C2)CC1. The normalized spacial score (nSPS) is 31.3. The van der Waals surface area contributed by atoms with E-state index < -0.39 is 17.6 Å². The summed E-state index contributed by atoms with van der Waals surface area (Å²) in [6, 6.07) is 5.21. The van der Waals surface area contributed by atoms with Crippen LogP contribution in [0.4, 0.5) is 18.9 Å². The number of halogens is 3. The topological polar surface area (TPSA) is 49.4 Å². The summed E-state index contributed by atoms with van der Waals surface area (Å²) in [4.78, 5) is 27.2. The molecule has 0 aromatic heterocycles. The number of fused-ring (bicyclic) bond motifs is 1. The van der Waals surface area contributed by atoms with E-state index in [1.807, 2.05) is 0 Å². The largest absolute Gasteiger partial charge is 0.416 e. The maximum absolute atomic E-state index is 12.8. The van der Waals surface area contributed by atoms with Crippen LogP contribution in [-0.4, -0.2) is 35.7 Å². The summed E-state index contributed by atoms with van der Waals surface area (Å²) in [6.07, 6.45) is 0.812. The van der Waals surface area contributed by atoms with Crippen LogP contribution in [0, 0.1) is 23.7 Å². The number of benzene rings is 1. The van der Waals surface area contributed by atoms with Gasteiger partial charge in [-0.15, -0.1) is 0 Å². The van der Waals surface area contributed by atoms with Crippen molar-refractivity contribution in [3.8, 4) is 0 Å². The predicted molar refractivity (Wildman–Crippen MR) is 108 cm³/mol. The van der Waals surface area contributed by atoms with E-state index in [2.05, 4.69) is 17.1 Å². The number of nitrogens with one attached hydrogen (secondary N) is 1. The monoisotopic (exact) mass is 422 g/mol. The van der Waals surface area contributed by atoms with E-state index in [4.69, 9.17) is 0 Å². The van der Waals surface area contributed by atoms with Crippen molar-refractivity contribution in [2.24, 2.45) is 23.7 Å². The number of carbonyl (C=O) groups excluding carboxylic acids is 2. The molecule has 7 heteroatoms. The molecule has 1 unspecified atom stereocenters. The summed E-state index contributed by atoms with van der Waals surface area (Å²) in [7, 11) is 0. The van der Waals surface area contributed by atoms with Gasteiger partial charge in [0.2, 0.25) is 5.91 Å². The number of anilines is 1. The molecule has 3 fully saturated rings. The number of alkyl halides is 3. The summed E-state index contributed by atoms with van der Waals surface area (Å²) in [6.45, 7) is 4.31. The molecule has 4 rings (SSSR count). The smallest absolute Gasteiger partial charge is 0.326 e. The Kier molecular flexibility index (Phi) is 5.93. The summed E-state index contributed by atoms with van der Waals surface area (Å²) >= 11 is 0. The molecule has 164 valence electrons. The molecular formula is C23H29F3N2O2. The summed E-state index contributed by atoms with van der Waals surface area (Å²) < 4.78 is 38.3. The number of nitrogens with zero attached hydrogens (tertiary/aromatic N) is 1. The molecule has 0 bridgehead atoms. The van der Waals surface area contributed by atoms with Crippen LogP contribution in [0.1, 0.15) is 51.0 Å². The number of likely N-dealkylation sites (tertiary alicyclic amines) is 1. The van der Waals surface area contributed by atoms with Crippen LogP contribution in [0.25, 0.3) is 0 Å². The quantitative estimate of drug-likeness (QED) is 0.720. The molecule has 1 amide bonds. The minimum absolute atomic E-state index is 0.00917. The van der Waals surface area contributed by atoms with Gasteiger partial charge in [0.1, 0.15) is 5.78 Å². The highest BCUT2D eigenvalue weighted by Gasteiger charge is 2.59. The molecule has 2 aliphatic carbocycles. The van der Waals surface area contributed by atoms with E-state index in [0.717, 1.165) is 31.1 Å². The lowest BCUT2D eigenvalue weighted by atomic mass is 9.86. The second-order valence-corrected chi connectivity index (χ2v) is 9.31. The molecule has 1 N–H and O–H groups in total. The first kappa shape index (κ1) is 21.3. The number of Topliss-reactive ketones (excluding diaryl/α,β-unsaturated/α-hetero) is 1. The molecule has 2 saturated carbocycles. The Morgan fingerprint density at radius 2 is 1.73 bits per heavy atom. The zero-order valence-corrected chi connectivity index (χ0v) is 17.3. The zero-order valence-electron chi connectivity index (χ0n) is 17.3. The Morgan fingerprint density at radius 1 is 1.07 bits per heavy atom. The van der Waals surface area contributed by atoms with Gasteiger partial charge in [-0.3, -0.25) is 14.5 Å². The van der Waals surface area contributed by atoms with Crippen molar-refractivity contribution in [1.29, 1.82) is 0 Å². The summed E-state index contributed by atoms with van der Waals surface area (Å²) in [5, 5.41) is 2.47. The molecule has 0 spiro atoms. The molecule has 1 aliphatic heterocycles. The first-order valence-electron chi connectivity index (χ1n) is 11.0. The second kappa shape index (κ2) is 8.33. The Morgan fingerprint density at radius 3 is 2.37 bits per heavy atom. The second-order valence-electron chi connectivity index (χ2n) is 9.31. The highest BCUT2D eigenvalue weighted by atomic mass is 19.4. The van der Waals surface area contributed by atoms with Crippen LogP contribution >= 0.6 is 0 Å². The number of ketones is 1. The average molecular weight is 422 g/mol. The van der Waals surface area contributed by atoms with Crippen LogP contribution in [0.3, 0.4) is 0 Å². The molecule has 1 aromatic carbocycles. The van der Waals surface area contributed by atoms with Gasteiger partial charge in [0.15, 0.2) is 0 Å². The number of carbonyl (C=O) groups is 2. The van der Waals surface area contributed by atoms with Gasteiger partial charge in [-0.1, -0.05) is 13.0 Å². The molecule has 3 atom stereocenters.